The minimum absolute atomic E-state index is 0.0211. The Bertz CT molecular complexity index is 676. The van der Waals surface area contributed by atoms with Crippen LogP contribution in [0, 0.1) is 10.1 Å². The van der Waals surface area contributed by atoms with Crippen molar-refractivity contribution in [3.05, 3.63) is 51.8 Å². The van der Waals surface area contributed by atoms with Gasteiger partial charge in [-0.25, -0.2) is 9.48 Å². The Morgan fingerprint density at radius 1 is 1.40 bits per heavy atom. The number of hydrogen-bond donors (Lipinski definition) is 1. The number of aromatic carboxylic acids is 1. The van der Waals surface area contributed by atoms with Crippen LogP contribution in [0.5, 0.6) is 0 Å². The fraction of sp³-hybridized carbons (Fsp3) is 0.231. The molecular formula is C13H13N3O4. The van der Waals surface area contributed by atoms with Gasteiger partial charge in [0.25, 0.3) is 5.69 Å². The molecule has 0 radical (unpaired) electrons. The SMILES string of the molecule is CC(C)c1ccn(-c2cc(C(=O)O)ccc2[N+](=O)[O-])n1. The van der Waals surface area contributed by atoms with Gasteiger partial charge in [0.05, 0.1) is 16.2 Å². The molecule has 1 aromatic heterocycles. The molecule has 0 saturated heterocycles. The second-order valence-electron chi connectivity index (χ2n) is 4.61. The highest BCUT2D eigenvalue weighted by atomic mass is 16.6. The van der Waals surface area contributed by atoms with Gasteiger partial charge in [-0.1, -0.05) is 13.8 Å². The second kappa shape index (κ2) is 5.12. The molecule has 1 heterocycles. The van der Waals surface area contributed by atoms with Gasteiger partial charge in [-0.05, 0) is 24.1 Å². The van der Waals surface area contributed by atoms with E-state index in [2.05, 4.69) is 5.10 Å². The van der Waals surface area contributed by atoms with E-state index in [0.29, 0.717) is 0 Å². The quantitative estimate of drug-likeness (QED) is 0.683. The van der Waals surface area contributed by atoms with Gasteiger partial charge >= 0.3 is 5.97 Å². The fourth-order valence-corrected chi connectivity index (χ4v) is 1.77. The predicted octanol–water partition coefficient (Wildman–Crippen LogP) is 2.60. The predicted molar refractivity (Wildman–Crippen MR) is 71.3 cm³/mol. The molecule has 0 spiro atoms. The van der Waals surface area contributed by atoms with E-state index < -0.39 is 10.9 Å². The first kappa shape index (κ1) is 13.7. The highest BCUT2D eigenvalue weighted by Gasteiger charge is 2.19. The first-order chi connectivity index (χ1) is 9.40. The summed E-state index contributed by atoms with van der Waals surface area (Å²) >= 11 is 0. The molecule has 0 bridgehead atoms. The van der Waals surface area contributed by atoms with E-state index in [9.17, 15) is 14.9 Å². The number of rotatable bonds is 4. The van der Waals surface area contributed by atoms with Crippen molar-refractivity contribution in [3.63, 3.8) is 0 Å². The Morgan fingerprint density at radius 3 is 2.60 bits per heavy atom. The van der Waals surface area contributed by atoms with Crippen LogP contribution in [0.3, 0.4) is 0 Å². The first-order valence-corrected chi connectivity index (χ1v) is 5.98. The van der Waals surface area contributed by atoms with E-state index in [1.54, 1.807) is 12.3 Å². The number of nitrogens with zero attached hydrogens (tertiary/aromatic N) is 3. The number of aromatic nitrogens is 2. The molecule has 7 nitrogen and oxygen atoms in total. The average molecular weight is 275 g/mol. The standard InChI is InChI=1S/C13H13N3O4/c1-8(2)10-5-6-15(14-10)12-7-9(13(17)18)3-4-11(12)16(19)20/h3-8H,1-2H3,(H,17,18). The van der Waals surface area contributed by atoms with Crippen LogP contribution in [0.15, 0.2) is 30.5 Å². The molecule has 0 atom stereocenters. The summed E-state index contributed by atoms with van der Waals surface area (Å²) in [4.78, 5) is 21.5. The summed E-state index contributed by atoms with van der Waals surface area (Å²) in [6.07, 6.45) is 1.59. The lowest BCUT2D eigenvalue weighted by molar-refractivity contribution is -0.384. The summed E-state index contributed by atoms with van der Waals surface area (Å²) in [7, 11) is 0. The second-order valence-corrected chi connectivity index (χ2v) is 4.61. The maximum atomic E-state index is 11.0. The van der Waals surface area contributed by atoms with Crippen LogP contribution in [-0.2, 0) is 0 Å². The molecule has 0 unspecified atom stereocenters. The van der Waals surface area contributed by atoms with Crippen molar-refractivity contribution in [2.75, 3.05) is 0 Å². The number of nitro groups is 1. The van der Waals surface area contributed by atoms with Gasteiger partial charge in [-0.3, -0.25) is 10.1 Å². The van der Waals surface area contributed by atoms with Crippen molar-refractivity contribution in [1.29, 1.82) is 0 Å². The van der Waals surface area contributed by atoms with Crippen LogP contribution in [0.25, 0.3) is 5.69 Å². The minimum atomic E-state index is -1.14. The van der Waals surface area contributed by atoms with Gasteiger partial charge < -0.3 is 5.11 Å². The summed E-state index contributed by atoms with van der Waals surface area (Å²) in [6.45, 7) is 3.91. The molecule has 2 rings (SSSR count). The number of nitro benzene ring substituents is 1. The zero-order valence-corrected chi connectivity index (χ0v) is 11.0. The van der Waals surface area contributed by atoms with Crippen LogP contribution in [0.4, 0.5) is 5.69 Å². The van der Waals surface area contributed by atoms with Gasteiger partial charge in [-0.15, -0.1) is 0 Å². The van der Waals surface area contributed by atoms with Crippen molar-refractivity contribution in [1.82, 2.24) is 9.78 Å². The van der Waals surface area contributed by atoms with E-state index in [1.165, 1.54) is 22.9 Å². The van der Waals surface area contributed by atoms with E-state index in [1.807, 2.05) is 13.8 Å². The van der Waals surface area contributed by atoms with Crippen molar-refractivity contribution in [2.24, 2.45) is 0 Å². The molecule has 0 aliphatic carbocycles. The molecule has 104 valence electrons. The van der Waals surface area contributed by atoms with Gasteiger partial charge in [0.1, 0.15) is 5.69 Å². The Balaban J connectivity index is 2.59. The minimum Gasteiger partial charge on any atom is -0.478 e. The number of carboxylic acids is 1. The molecule has 0 saturated carbocycles. The third-order valence-electron chi connectivity index (χ3n) is 2.87. The lowest BCUT2D eigenvalue weighted by atomic mass is 10.1. The Morgan fingerprint density at radius 2 is 2.10 bits per heavy atom. The van der Waals surface area contributed by atoms with Crippen molar-refractivity contribution >= 4 is 11.7 Å². The van der Waals surface area contributed by atoms with Crippen LogP contribution in [0.1, 0.15) is 35.8 Å². The molecule has 20 heavy (non-hydrogen) atoms. The van der Waals surface area contributed by atoms with E-state index in [-0.39, 0.29) is 22.9 Å². The number of carboxylic acid groups (broad SMARTS) is 1. The highest BCUT2D eigenvalue weighted by molar-refractivity contribution is 5.89. The molecule has 1 N–H and O–H groups in total. The van der Waals surface area contributed by atoms with Crippen LogP contribution >= 0.6 is 0 Å². The monoisotopic (exact) mass is 275 g/mol. The Labute approximate surface area is 114 Å². The van der Waals surface area contributed by atoms with Crippen molar-refractivity contribution in [2.45, 2.75) is 19.8 Å². The van der Waals surface area contributed by atoms with Crippen LogP contribution in [-0.4, -0.2) is 25.8 Å². The number of carbonyl (C=O) groups is 1. The average Bonchev–Trinajstić information content (AvgIpc) is 2.87. The summed E-state index contributed by atoms with van der Waals surface area (Å²) in [5, 5.41) is 24.3. The summed E-state index contributed by atoms with van der Waals surface area (Å²) < 4.78 is 1.33. The van der Waals surface area contributed by atoms with Crippen molar-refractivity contribution in [3.8, 4) is 5.69 Å². The largest absolute Gasteiger partial charge is 0.478 e. The third-order valence-corrected chi connectivity index (χ3v) is 2.87. The molecule has 0 aliphatic rings. The third kappa shape index (κ3) is 2.51. The van der Waals surface area contributed by atoms with Crippen LogP contribution < -0.4 is 0 Å². The topological polar surface area (TPSA) is 98.3 Å². The van der Waals surface area contributed by atoms with E-state index in [4.69, 9.17) is 5.11 Å². The van der Waals surface area contributed by atoms with Crippen LogP contribution in [0.2, 0.25) is 0 Å². The molecular weight excluding hydrogens is 262 g/mol. The van der Waals surface area contributed by atoms with Gasteiger partial charge in [-0.2, -0.15) is 5.10 Å². The highest BCUT2D eigenvalue weighted by Crippen LogP contribution is 2.24. The fourth-order valence-electron chi connectivity index (χ4n) is 1.77. The van der Waals surface area contributed by atoms with E-state index in [0.717, 1.165) is 5.69 Å². The molecule has 0 fully saturated rings. The lowest BCUT2D eigenvalue weighted by Gasteiger charge is -2.05. The summed E-state index contributed by atoms with van der Waals surface area (Å²) in [6, 6.07) is 5.38. The molecule has 1 aromatic carbocycles. The lowest BCUT2D eigenvalue weighted by Crippen LogP contribution is -2.05. The Kier molecular flexibility index (Phi) is 3.51. The molecule has 2 aromatic rings. The normalized spacial score (nSPS) is 10.8. The van der Waals surface area contributed by atoms with Crippen molar-refractivity contribution < 1.29 is 14.8 Å². The molecule has 7 heteroatoms. The maximum Gasteiger partial charge on any atom is 0.335 e. The van der Waals surface area contributed by atoms with E-state index >= 15 is 0 Å². The summed E-state index contributed by atoms with van der Waals surface area (Å²) in [5.41, 5.74) is 0.711. The van der Waals surface area contributed by atoms with Gasteiger partial charge in [0, 0.05) is 12.3 Å². The number of benzene rings is 1. The molecule has 0 amide bonds. The number of hydrogen-bond acceptors (Lipinski definition) is 4. The smallest absolute Gasteiger partial charge is 0.335 e. The maximum absolute atomic E-state index is 11.0. The molecule has 0 aliphatic heterocycles. The summed E-state index contributed by atoms with van der Waals surface area (Å²) in [5.74, 6) is -0.963. The zero-order chi connectivity index (χ0) is 14.9. The van der Waals surface area contributed by atoms with Gasteiger partial charge in [0.2, 0.25) is 0 Å². The Hall–Kier alpha value is -2.70. The van der Waals surface area contributed by atoms with Gasteiger partial charge in [0.15, 0.2) is 0 Å². The zero-order valence-electron chi connectivity index (χ0n) is 11.0. The first-order valence-electron chi connectivity index (χ1n) is 5.98.